The molecule has 1 aromatic carbocycles. The van der Waals surface area contributed by atoms with Gasteiger partial charge in [0.05, 0.1) is 6.04 Å². The molecule has 0 saturated heterocycles. The molecule has 0 aliphatic heterocycles. The fraction of sp³-hybridized carbons (Fsp3) is 0.562. The first-order chi connectivity index (χ1) is 12.7. The zero-order valence-corrected chi connectivity index (χ0v) is 19.3. The second-order valence-corrected chi connectivity index (χ2v) is 10.2. The summed E-state index contributed by atoms with van der Waals surface area (Å²) in [6.07, 6.45) is -1.69. The first kappa shape index (κ1) is 24.2. The average molecular weight is 526 g/mol. The highest BCUT2D eigenvalue weighted by atomic mass is 127. The molecule has 0 radical (unpaired) electrons. The van der Waals surface area contributed by atoms with E-state index in [1.54, 1.807) is 75.9 Å². The highest BCUT2D eigenvalue weighted by molar-refractivity contribution is 14.1. The monoisotopic (exact) mass is 526 g/mol. The second-order valence-electron chi connectivity index (χ2n) is 6.55. The minimum absolute atomic E-state index is 0.0617. The van der Waals surface area contributed by atoms with Crippen molar-refractivity contribution in [2.75, 3.05) is 12.8 Å². The maximum absolute atomic E-state index is 12.4. The van der Waals surface area contributed by atoms with Crippen LogP contribution in [0.25, 0.3) is 10.4 Å². The Morgan fingerprint density at radius 2 is 2.04 bits per heavy atom. The number of likely N-dealkylation sites (N-methyl/N-ethyl adjacent to an activating group) is 1. The van der Waals surface area contributed by atoms with Gasteiger partial charge in [-0.2, -0.15) is 0 Å². The van der Waals surface area contributed by atoms with Crippen LogP contribution in [-0.4, -0.2) is 46.0 Å². The van der Waals surface area contributed by atoms with Crippen LogP contribution in [0.2, 0.25) is 0 Å². The Balaban J connectivity index is 2.63. The lowest BCUT2D eigenvalue weighted by atomic mass is 10.2. The molecule has 1 rings (SSSR count). The van der Waals surface area contributed by atoms with Gasteiger partial charge in [0.15, 0.2) is 6.29 Å². The van der Waals surface area contributed by atoms with Gasteiger partial charge in [0.2, 0.25) is 0 Å². The number of aliphatic hydroxyl groups excluding tert-OH is 1. The fourth-order valence-electron chi connectivity index (χ4n) is 1.82. The topological polar surface area (TPSA) is 108 Å². The number of benzene rings is 1. The van der Waals surface area contributed by atoms with E-state index in [9.17, 15) is 9.90 Å². The van der Waals surface area contributed by atoms with Gasteiger partial charge in [-0.05, 0) is 11.1 Å². The number of nitrogens with zero attached hydrogens (tertiary/aromatic N) is 4. The predicted octanol–water partition coefficient (Wildman–Crippen LogP) is 5.43. The number of azide groups is 1. The zero-order valence-electron chi connectivity index (χ0n) is 15.5. The van der Waals surface area contributed by atoms with Crippen molar-refractivity contribution in [1.29, 1.82) is 0 Å². The van der Waals surface area contributed by atoms with Crippen molar-refractivity contribution in [3.8, 4) is 0 Å². The molecule has 11 heteroatoms. The van der Waals surface area contributed by atoms with Gasteiger partial charge in [-0.1, -0.05) is 71.7 Å². The Bertz CT molecular complexity index is 651. The Morgan fingerprint density at radius 1 is 1.41 bits per heavy atom. The fourth-order valence-corrected chi connectivity index (χ4v) is 4.79. The molecule has 1 amide bonds. The van der Waals surface area contributed by atoms with Gasteiger partial charge in [0, 0.05) is 28.1 Å². The van der Waals surface area contributed by atoms with Gasteiger partial charge >= 0.3 is 6.09 Å². The summed E-state index contributed by atoms with van der Waals surface area (Å²) in [7, 11) is 4.80. The molecule has 8 nitrogen and oxygen atoms in total. The van der Waals surface area contributed by atoms with Crippen molar-refractivity contribution < 1.29 is 17.7 Å². The van der Waals surface area contributed by atoms with Crippen molar-refractivity contribution in [2.24, 2.45) is 5.11 Å². The van der Waals surface area contributed by atoms with Crippen LogP contribution in [0, 0.1) is 0 Å². The number of carbonyl (C=O) groups excluding carboxylic acids is 1. The van der Waals surface area contributed by atoms with E-state index in [4.69, 9.17) is 13.3 Å². The number of amides is 1. The van der Waals surface area contributed by atoms with Crippen LogP contribution < -0.4 is 0 Å². The van der Waals surface area contributed by atoms with Gasteiger partial charge in [-0.15, -0.1) is 0 Å². The third kappa shape index (κ3) is 9.26. The Hall–Kier alpha value is -0.850. The van der Waals surface area contributed by atoms with E-state index in [0.29, 0.717) is 11.4 Å². The van der Waals surface area contributed by atoms with Crippen molar-refractivity contribution in [1.82, 2.24) is 4.90 Å². The van der Waals surface area contributed by atoms with E-state index in [-0.39, 0.29) is 11.4 Å². The zero-order chi connectivity index (χ0) is 20.4. The highest BCUT2D eigenvalue weighted by Crippen LogP contribution is 2.36. The van der Waals surface area contributed by atoms with Crippen LogP contribution in [0.4, 0.5) is 10.5 Å². The largest absolute Gasteiger partial charge is 0.445 e. The summed E-state index contributed by atoms with van der Waals surface area (Å²) in [5.74, 6) is 0.485. The minimum atomic E-state index is -1.13. The normalized spacial score (nSPS) is 13.4. The summed E-state index contributed by atoms with van der Waals surface area (Å²) < 4.78 is 10.4. The molecule has 0 saturated carbocycles. The number of ether oxygens (including phenoxy) is 1. The lowest BCUT2D eigenvalue weighted by molar-refractivity contribution is -0.0408. The van der Waals surface area contributed by atoms with E-state index in [1.165, 1.54) is 4.90 Å². The Kier molecular flexibility index (Phi) is 10.6. The molecule has 0 heterocycles. The number of carbonyl (C=O) groups is 1. The van der Waals surface area contributed by atoms with Gasteiger partial charge in [-0.25, -0.2) is 4.79 Å². The number of hydrogen-bond donors (Lipinski definition) is 1. The van der Waals surface area contributed by atoms with Crippen molar-refractivity contribution in [3.63, 3.8) is 0 Å². The van der Waals surface area contributed by atoms with E-state index < -0.39 is 18.4 Å². The molecule has 0 spiro atoms. The lowest BCUT2D eigenvalue weighted by Crippen LogP contribution is -2.46. The summed E-state index contributed by atoms with van der Waals surface area (Å²) in [6, 6.07) is 6.16. The SMILES string of the molecule is CN(C(=O)OCc1ccc(N=[N+]=[N-])cc1)[C@H](CSSC(C)(C)C)C(O)OI. The van der Waals surface area contributed by atoms with Crippen LogP contribution >= 0.6 is 44.6 Å². The molecule has 2 atom stereocenters. The smallest absolute Gasteiger partial charge is 0.410 e. The maximum atomic E-state index is 12.4. The molecular formula is C16H23IN4O4S2. The highest BCUT2D eigenvalue weighted by Gasteiger charge is 2.29. The quantitative estimate of drug-likeness (QED) is 0.115. The minimum Gasteiger partial charge on any atom is -0.445 e. The van der Waals surface area contributed by atoms with Crippen LogP contribution in [0.15, 0.2) is 29.4 Å². The molecule has 0 fully saturated rings. The van der Waals surface area contributed by atoms with E-state index >= 15 is 0 Å². The number of hydrogen-bond acceptors (Lipinski definition) is 7. The summed E-state index contributed by atoms with van der Waals surface area (Å²) in [5, 5.41) is 13.6. The summed E-state index contributed by atoms with van der Waals surface area (Å²) >= 11 is 1.61. The van der Waals surface area contributed by atoms with Gasteiger partial charge in [-0.3, -0.25) is 3.07 Å². The second kappa shape index (κ2) is 11.9. The van der Waals surface area contributed by atoms with Crippen molar-refractivity contribution in [2.45, 2.75) is 44.5 Å². The third-order valence-corrected chi connectivity index (χ3v) is 7.09. The van der Waals surface area contributed by atoms with E-state index in [1.807, 2.05) is 0 Å². The number of halogens is 1. The summed E-state index contributed by atoms with van der Waals surface area (Å²) in [4.78, 5) is 16.4. The molecule has 1 unspecified atom stereocenters. The molecule has 27 heavy (non-hydrogen) atoms. The van der Waals surface area contributed by atoms with Gasteiger partial charge < -0.3 is 14.7 Å². The molecule has 0 aromatic heterocycles. The predicted molar refractivity (Wildman–Crippen MR) is 118 cm³/mol. The van der Waals surface area contributed by atoms with Crippen molar-refractivity contribution >= 4 is 56.4 Å². The molecule has 0 bridgehead atoms. The first-order valence-corrected chi connectivity index (χ1v) is 11.2. The molecule has 1 N–H and O–H groups in total. The third-order valence-electron chi connectivity index (χ3n) is 3.21. The summed E-state index contributed by atoms with van der Waals surface area (Å²) in [6.45, 7) is 6.35. The van der Waals surface area contributed by atoms with Crippen LogP contribution in [0.1, 0.15) is 26.3 Å². The Labute approximate surface area is 181 Å². The molecular weight excluding hydrogens is 503 g/mol. The van der Waals surface area contributed by atoms with Crippen LogP contribution in [0.5, 0.6) is 0 Å². The van der Waals surface area contributed by atoms with Gasteiger partial charge in [0.1, 0.15) is 29.6 Å². The summed E-state index contributed by atoms with van der Waals surface area (Å²) in [5.41, 5.74) is 9.64. The Morgan fingerprint density at radius 3 is 2.56 bits per heavy atom. The molecule has 1 aromatic rings. The van der Waals surface area contributed by atoms with Crippen LogP contribution in [-0.2, 0) is 14.4 Å². The number of rotatable bonds is 9. The van der Waals surface area contributed by atoms with Crippen LogP contribution in [0.3, 0.4) is 0 Å². The molecule has 150 valence electrons. The van der Waals surface area contributed by atoms with Crippen molar-refractivity contribution in [3.05, 3.63) is 40.3 Å². The lowest BCUT2D eigenvalue weighted by Gasteiger charge is -2.30. The van der Waals surface area contributed by atoms with E-state index in [2.05, 4.69) is 30.8 Å². The molecule has 0 aliphatic carbocycles. The average Bonchev–Trinajstić information content (AvgIpc) is 2.62. The maximum Gasteiger partial charge on any atom is 0.410 e. The molecule has 0 aliphatic rings. The van der Waals surface area contributed by atoms with E-state index in [0.717, 1.165) is 5.56 Å². The standard InChI is InChI=1S/C16H23IN4O4S2/c1-16(2,3)27-26-10-13(14(22)25-17)21(4)15(23)24-9-11-5-7-12(8-6-11)19-20-18/h5-8,13-14,22H,9-10H2,1-4H3/t13-,14?/m1/s1. The first-order valence-electron chi connectivity index (χ1n) is 7.97. The van der Waals surface area contributed by atoms with Gasteiger partial charge in [0.25, 0.3) is 0 Å². The number of aliphatic hydroxyl groups is 1.